The van der Waals surface area contributed by atoms with Gasteiger partial charge in [-0.25, -0.2) is 0 Å². The Labute approximate surface area is 86.5 Å². The third-order valence-corrected chi connectivity index (χ3v) is 2.12. The van der Waals surface area contributed by atoms with Crippen molar-refractivity contribution in [3.8, 4) is 0 Å². The number of nitrogens with two attached hydrogens (primary N) is 1. The molecule has 5 nitrogen and oxygen atoms in total. The van der Waals surface area contributed by atoms with Crippen molar-refractivity contribution < 1.29 is 19.1 Å². The van der Waals surface area contributed by atoms with Crippen LogP contribution in [-0.2, 0) is 19.1 Å². The van der Waals surface area contributed by atoms with Gasteiger partial charge in [-0.2, -0.15) is 0 Å². The quantitative estimate of drug-likeness (QED) is 0.465. The summed E-state index contributed by atoms with van der Waals surface area (Å²) in [6, 6.07) is -0.755. The average molecular weight is 222 g/mol. The molecule has 0 aromatic rings. The molecule has 0 amide bonds. The van der Waals surface area contributed by atoms with E-state index in [1.165, 1.54) is 0 Å². The molecule has 0 radical (unpaired) electrons. The van der Waals surface area contributed by atoms with E-state index >= 15 is 0 Å². The Balaban J connectivity index is 2.52. The average Bonchev–Trinajstić information content (AvgIpc) is 2.12. The smallest absolute Gasteiger partial charge is 0.322 e. The monoisotopic (exact) mass is 221 g/mol. The first kappa shape index (κ1) is 11.3. The predicted molar refractivity (Wildman–Crippen MR) is 48.5 cm³/mol. The fourth-order valence-electron chi connectivity index (χ4n) is 1.01. The van der Waals surface area contributed by atoms with Gasteiger partial charge in [0.2, 0.25) is 0 Å². The van der Waals surface area contributed by atoms with Gasteiger partial charge in [0.05, 0.1) is 6.61 Å². The molecule has 0 aromatic heterocycles. The molecule has 1 fully saturated rings. The Morgan fingerprint density at radius 1 is 1.36 bits per heavy atom. The number of hydrogen-bond acceptors (Lipinski definition) is 5. The number of ether oxygens (including phenoxy) is 2. The molecule has 1 unspecified atom stereocenters. The molecule has 1 saturated heterocycles. The lowest BCUT2D eigenvalue weighted by molar-refractivity contribution is -0.151. The van der Waals surface area contributed by atoms with E-state index in [1.54, 1.807) is 0 Å². The van der Waals surface area contributed by atoms with Crippen LogP contribution in [0, 0.1) is 0 Å². The summed E-state index contributed by atoms with van der Waals surface area (Å²) in [5, 5.41) is 0. The third-order valence-electron chi connectivity index (χ3n) is 1.81. The van der Waals surface area contributed by atoms with E-state index in [2.05, 4.69) is 0 Å². The second-order valence-corrected chi connectivity index (χ2v) is 3.49. The second-order valence-electron chi connectivity index (χ2n) is 3.00. The summed E-state index contributed by atoms with van der Waals surface area (Å²) < 4.78 is 9.59. The number of carbonyl (C=O) groups is 2. The van der Waals surface area contributed by atoms with Crippen molar-refractivity contribution in [1.82, 2.24) is 0 Å². The first-order chi connectivity index (χ1) is 6.59. The van der Waals surface area contributed by atoms with Crippen LogP contribution in [-0.4, -0.2) is 30.2 Å². The number of cyclic esters (lactones) is 2. The lowest BCUT2D eigenvalue weighted by Gasteiger charge is -2.16. The van der Waals surface area contributed by atoms with Crippen LogP contribution in [0.4, 0.5) is 0 Å². The normalized spacial score (nSPS) is 30.4. The van der Waals surface area contributed by atoms with Crippen molar-refractivity contribution in [3.63, 3.8) is 0 Å². The first-order valence-corrected chi connectivity index (χ1v) is 4.79. The third kappa shape index (κ3) is 3.51. The molecular formula is C8H12ClNO4. The minimum absolute atomic E-state index is 0.0828. The van der Waals surface area contributed by atoms with Gasteiger partial charge < -0.3 is 15.2 Å². The highest BCUT2D eigenvalue weighted by Gasteiger charge is 2.21. The van der Waals surface area contributed by atoms with E-state index in [0.29, 0.717) is 0 Å². The van der Waals surface area contributed by atoms with Crippen LogP contribution in [0.1, 0.15) is 19.3 Å². The molecule has 1 aliphatic rings. The van der Waals surface area contributed by atoms with E-state index in [9.17, 15) is 9.59 Å². The van der Waals surface area contributed by atoms with Crippen LogP contribution in [0.5, 0.6) is 0 Å². The van der Waals surface area contributed by atoms with Gasteiger partial charge in [0.15, 0.2) is 5.56 Å². The molecule has 1 aliphatic heterocycles. The number of halogens is 1. The Kier molecular flexibility index (Phi) is 4.16. The molecule has 2 atom stereocenters. The van der Waals surface area contributed by atoms with Crippen molar-refractivity contribution in [2.45, 2.75) is 30.9 Å². The van der Waals surface area contributed by atoms with E-state index in [0.717, 1.165) is 0 Å². The minimum Gasteiger partial charge on any atom is -0.464 e. The standard InChI is InChI=1S/C8H12ClNO4/c9-6-3-4-13-8(12)5(10)1-2-7(11)14-6/h5-6H,1-4,10H2/t5-,6?/m0/s1. The molecule has 6 heteroatoms. The fourth-order valence-corrected chi connectivity index (χ4v) is 1.20. The number of esters is 2. The van der Waals surface area contributed by atoms with E-state index in [1.807, 2.05) is 0 Å². The van der Waals surface area contributed by atoms with Gasteiger partial charge in [0.25, 0.3) is 0 Å². The topological polar surface area (TPSA) is 78.6 Å². The summed E-state index contributed by atoms with van der Waals surface area (Å²) >= 11 is 5.63. The van der Waals surface area contributed by atoms with Crippen molar-refractivity contribution in [2.75, 3.05) is 6.61 Å². The van der Waals surface area contributed by atoms with Crippen LogP contribution in [0.2, 0.25) is 0 Å². The Morgan fingerprint density at radius 2 is 2.07 bits per heavy atom. The summed E-state index contributed by atoms with van der Waals surface area (Å²) in [6.07, 6.45) is 0.590. The summed E-state index contributed by atoms with van der Waals surface area (Å²) in [7, 11) is 0. The van der Waals surface area contributed by atoms with Crippen molar-refractivity contribution in [1.29, 1.82) is 0 Å². The Bertz CT molecular complexity index is 233. The van der Waals surface area contributed by atoms with Crippen molar-refractivity contribution in [3.05, 3.63) is 0 Å². The maximum Gasteiger partial charge on any atom is 0.322 e. The molecular weight excluding hydrogens is 210 g/mol. The lowest BCUT2D eigenvalue weighted by Crippen LogP contribution is -2.34. The van der Waals surface area contributed by atoms with Gasteiger partial charge in [-0.15, -0.1) is 0 Å². The molecule has 0 aromatic carbocycles. The minimum atomic E-state index is -0.755. The van der Waals surface area contributed by atoms with Crippen LogP contribution < -0.4 is 5.73 Å². The maximum absolute atomic E-state index is 11.1. The number of alkyl halides is 1. The number of rotatable bonds is 0. The fraction of sp³-hybridized carbons (Fsp3) is 0.750. The summed E-state index contributed by atoms with van der Waals surface area (Å²) in [6.45, 7) is 0.119. The van der Waals surface area contributed by atoms with E-state index < -0.39 is 23.5 Å². The summed E-state index contributed by atoms with van der Waals surface area (Å²) in [5.41, 5.74) is 4.72. The van der Waals surface area contributed by atoms with Crippen LogP contribution in [0.3, 0.4) is 0 Å². The zero-order valence-corrected chi connectivity index (χ0v) is 8.33. The molecule has 0 aliphatic carbocycles. The Morgan fingerprint density at radius 3 is 2.79 bits per heavy atom. The highest BCUT2D eigenvalue weighted by atomic mass is 35.5. The molecule has 0 saturated carbocycles. The van der Waals surface area contributed by atoms with E-state index in [4.69, 9.17) is 26.8 Å². The predicted octanol–water partition coefficient (Wildman–Crippen LogP) is 0.149. The molecule has 14 heavy (non-hydrogen) atoms. The molecule has 1 heterocycles. The zero-order valence-electron chi connectivity index (χ0n) is 7.57. The molecule has 1 rings (SSSR count). The lowest BCUT2D eigenvalue weighted by atomic mass is 10.2. The number of carbonyl (C=O) groups excluding carboxylic acids is 2. The van der Waals surface area contributed by atoms with Gasteiger partial charge in [0, 0.05) is 12.8 Å². The van der Waals surface area contributed by atoms with Gasteiger partial charge in [-0.05, 0) is 6.42 Å². The second kappa shape index (κ2) is 5.17. The molecule has 2 N–H and O–H groups in total. The highest BCUT2D eigenvalue weighted by molar-refractivity contribution is 6.20. The molecule has 0 spiro atoms. The van der Waals surface area contributed by atoms with Gasteiger partial charge in [-0.1, -0.05) is 11.6 Å². The van der Waals surface area contributed by atoms with E-state index in [-0.39, 0.29) is 25.9 Å². The Hall–Kier alpha value is -0.810. The number of hydrogen-bond donors (Lipinski definition) is 1. The molecule has 0 bridgehead atoms. The van der Waals surface area contributed by atoms with Crippen molar-refractivity contribution >= 4 is 23.5 Å². The van der Waals surface area contributed by atoms with Crippen molar-refractivity contribution in [2.24, 2.45) is 5.73 Å². The largest absolute Gasteiger partial charge is 0.464 e. The highest BCUT2D eigenvalue weighted by Crippen LogP contribution is 2.10. The van der Waals surface area contributed by atoms with Crippen LogP contribution >= 0.6 is 11.6 Å². The maximum atomic E-state index is 11.1. The van der Waals surface area contributed by atoms with Gasteiger partial charge in [-0.3, -0.25) is 9.59 Å². The zero-order chi connectivity index (χ0) is 10.6. The summed E-state index contributed by atoms with van der Waals surface area (Å²) in [4.78, 5) is 22.2. The van der Waals surface area contributed by atoms with Gasteiger partial charge >= 0.3 is 11.9 Å². The van der Waals surface area contributed by atoms with Gasteiger partial charge in [0.1, 0.15) is 6.04 Å². The summed E-state index contributed by atoms with van der Waals surface area (Å²) in [5.74, 6) is -0.932. The first-order valence-electron chi connectivity index (χ1n) is 4.35. The molecule has 80 valence electrons. The van der Waals surface area contributed by atoms with Crippen LogP contribution in [0.15, 0.2) is 0 Å². The SMILES string of the molecule is N[C@H]1CCC(=O)OC(Cl)CCOC1=O. The van der Waals surface area contributed by atoms with Crippen LogP contribution in [0.25, 0.3) is 0 Å².